The van der Waals surface area contributed by atoms with Crippen LogP contribution in [-0.2, 0) is 11.3 Å². The number of carbonyl (C=O) groups excluding carboxylic acids is 2. The van der Waals surface area contributed by atoms with Crippen LogP contribution in [0.1, 0.15) is 49.5 Å². The first-order valence-corrected chi connectivity index (χ1v) is 12.1. The minimum atomic E-state index is -0.520. The van der Waals surface area contributed by atoms with Gasteiger partial charge in [0.15, 0.2) is 0 Å². The van der Waals surface area contributed by atoms with Gasteiger partial charge >= 0.3 is 6.09 Å². The van der Waals surface area contributed by atoms with Gasteiger partial charge in [-0.1, -0.05) is 48.5 Å². The summed E-state index contributed by atoms with van der Waals surface area (Å²) in [5.41, 5.74) is 2.49. The van der Waals surface area contributed by atoms with Crippen LogP contribution in [0.15, 0.2) is 60.8 Å². The smallest absolute Gasteiger partial charge is 0.410 e. The molecule has 0 spiro atoms. The summed E-state index contributed by atoms with van der Waals surface area (Å²) in [5.74, 6) is 0.292. The lowest BCUT2D eigenvalue weighted by Gasteiger charge is -2.35. The highest BCUT2D eigenvalue weighted by atomic mass is 16.6. The Labute approximate surface area is 202 Å². The first-order chi connectivity index (χ1) is 16.2. The third-order valence-corrected chi connectivity index (χ3v) is 6.26. The number of benzene rings is 2. The number of rotatable bonds is 5. The van der Waals surface area contributed by atoms with Gasteiger partial charge in [0.05, 0.1) is 5.56 Å². The van der Waals surface area contributed by atoms with Crippen LogP contribution in [0.4, 0.5) is 4.79 Å². The quantitative estimate of drug-likeness (QED) is 0.511. The van der Waals surface area contributed by atoms with Gasteiger partial charge < -0.3 is 19.1 Å². The standard InChI is InChI=1S/C28H35N3O3/c1-28(2,3)34-27(33)29(4)17-22-13-10-16-30(19-22)26(32)24-20-31(18-21-11-6-5-7-12-21)25-15-9-8-14-23(24)25/h5-9,11-12,14-15,20,22H,10,13,16-19H2,1-4H3/t22-/m1/s1. The van der Waals surface area contributed by atoms with Crippen molar-refractivity contribution in [1.29, 1.82) is 0 Å². The number of nitrogens with zero attached hydrogens (tertiary/aromatic N) is 3. The number of amides is 2. The van der Waals surface area contributed by atoms with Gasteiger partial charge in [0.2, 0.25) is 0 Å². The van der Waals surface area contributed by atoms with Gasteiger partial charge in [0, 0.05) is 50.3 Å². The molecule has 6 heteroatoms. The van der Waals surface area contributed by atoms with E-state index in [2.05, 4.69) is 22.8 Å². The molecule has 1 fully saturated rings. The molecule has 0 aliphatic carbocycles. The summed E-state index contributed by atoms with van der Waals surface area (Å²) in [4.78, 5) is 29.6. The Morgan fingerprint density at radius 2 is 1.76 bits per heavy atom. The molecule has 0 saturated carbocycles. The van der Waals surface area contributed by atoms with Crippen molar-refractivity contribution in [2.45, 2.75) is 45.8 Å². The Morgan fingerprint density at radius 3 is 2.50 bits per heavy atom. The van der Waals surface area contributed by atoms with Crippen LogP contribution < -0.4 is 0 Å². The van der Waals surface area contributed by atoms with Crippen molar-refractivity contribution < 1.29 is 14.3 Å². The van der Waals surface area contributed by atoms with Crippen molar-refractivity contribution in [3.63, 3.8) is 0 Å². The van der Waals surface area contributed by atoms with Gasteiger partial charge in [-0.25, -0.2) is 4.79 Å². The molecule has 4 rings (SSSR count). The fourth-order valence-electron chi connectivity index (χ4n) is 4.70. The zero-order valence-corrected chi connectivity index (χ0v) is 20.7. The Hall–Kier alpha value is -3.28. The molecular formula is C28H35N3O3. The molecule has 0 radical (unpaired) electrons. The largest absolute Gasteiger partial charge is 0.444 e. The van der Waals surface area contributed by atoms with Crippen molar-refractivity contribution in [3.8, 4) is 0 Å². The van der Waals surface area contributed by atoms with Crippen LogP contribution in [0.2, 0.25) is 0 Å². The van der Waals surface area contributed by atoms with Crippen LogP contribution in [0, 0.1) is 5.92 Å². The minimum absolute atomic E-state index is 0.0626. The van der Waals surface area contributed by atoms with Gasteiger partial charge in [0.25, 0.3) is 5.91 Å². The third-order valence-electron chi connectivity index (χ3n) is 6.26. The van der Waals surface area contributed by atoms with Crippen molar-refractivity contribution >= 4 is 22.9 Å². The molecule has 1 aliphatic rings. The predicted octanol–water partition coefficient (Wildman–Crippen LogP) is 5.41. The van der Waals surface area contributed by atoms with E-state index in [1.807, 2.05) is 68.3 Å². The average molecular weight is 462 g/mol. The fourth-order valence-corrected chi connectivity index (χ4v) is 4.70. The Kier molecular flexibility index (Phi) is 6.96. The summed E-state index contributed by atoms with van der Waals surface area (Å²) in [6, 6.07) is 18.4. The van der Waals surface area contributed by atoms with E-state index >= 15 is 0 Å². The Balaban J connectivity index is 1.49. The van der Waals surface area contributed by atoms with Crippen LogP contribution in [0.3, 0.4) is 0 Å². The second-order valence-electron chi connectivity index (χ2n) is 10.3. The van der Waals surface area contributed by atoms with E-state index in [-0.39, 0.29) is 17.9 Å². The highest BCUT2D eigenvalue weighted by Crippen LogP contribution is 2.26. The van der Waals surface area contributed by atoms with Crippen LogP contribution in [-0.4, -0.2) is 58.7 Å². The molecule has 0 N–H and O–H groups in total. The molecule has 2 amide bonds. The van der Waals surface area contributed by atoms with Crippen molar-refractivity contribution in [2.75, 3.05) is 26.7 Å². The highest BCUT2D eigenvalue weighted by molar-refractivity contribution is 6.07. The molecule has 3 aromatic rings. The number of ether oxygens (including phenoxy) is 1. The molecular weight excluding hydrogens is 426 g/mol. The Morgan fingerprint density at radius 1 is 1.06 bits per heavy atom. The zero-order chi connectivity index (χ0) is 24.3. The molecule has 1 aromatic heterocycles. The number of hydrogen-bond acceptors (Lipinski definition) is 3. The first kappa shape index (κ1) is 23.9. The van der Waals surface area contributed by atoms with Gasteiger partial charge in [-0.3, -0.25) is 4.79 Å². The molecule has 0 unspecified atom stereocenters. The maximum absolute atomic E-state index is 13.6. The average Bonchev–Trinajstić information content (AvgIpc) is 3.17. The summed E-state index contributed by atoms with van der Waals surface area (Å²) < 4.78 is 7.65. The maximum atomic E-state index is 13.6. The van der Waals surface area contributed by atoms with Crippen molar-refractivity contribution in [2.24, 2.45) is 5.92 Å². The van der Waals surface area contributed by atoms with Crippen molar-refractivity contribution in [1.82, 2.24) is 14.4 Å². The number of carbonyl (C=O) groups is 2. The van der Waals surface area contributed by atoms with Gasteiger partial charge in [-0.2, -0.15) is 0 Å². The molecule has 2 heterocycles. The molecule has 1 saturated heterocycles. The molecule has 34 heavy (non-hydrogen) atoms. The number of hydrogen-bond donors (Lipinski definition) is 0. The number of aromatic nitrogens is 1. The second kappa shape index (κ2) is 9.92. The number of likely N-dealkylation sites (tertiary alicyclic amines) is 1. The molecule has 1 aliphatic heterocycles. The van der Waals surface area contributed by atoms with Crippen LogP contribution >= 0.6 is 0 Å². The van der Waals surface area contributed by atoms with E-state index in [0.717, 1.165) is 42.4 Å². The van der Waals surface area contributed by atoms with Crippen LogP contribution in [0.5, 0.6) is 0 Å². The van der Waals surface area contributed by atoms with E-state index < -0.39 is 5.60 Å². The maximum Gasteiger partial charge on any atom is 0.410 e. The van der Waals surface area contributed by atoms with E-state index in [1.165, 1.54) is 5.56 Å². The van der Waals surface area contributed by atoms with E-state index in [9.17, 15) is 9.59 Å². The third kappa shape index (κ3) is 5.61. The lowest BCUT2D eigenvalue weighted by atomic mass is 9.97. The molecule has 6 nitrogen and oxygen atoms in total. The monoisotopic (exact) mass is 461 g/mol. The first-order valence-electron chi connectivity index (χ1n) is 12.1. The number of fused-ring (bicyclic) bond motifs is 1. The SMILES string of the molecule is CN(C[C@H]1CCCN(C(=O)c2cn(Cc3ccccc3)c3ccccc23)C1)C(=O)OC(C)(C)C. The molecule has 2 aromatic carbocycles. The Bertz CT molecular complexity index is 1150. The van der Waals surface area contributed by atoms with Crippen LogP contribution in [0.25, 0.3) is 10.9 Å². The fraction of sp³-hybridized carbons (Fsp3) is 0.429. The van der Waals surface area contributed by atoms with Gasteiger partial charge in [-0.05, 0) is 51.2 Å². The molecule has 180 valence electrons. The van der Waals surface area contributed by atoms with E-state index in [4.69, 9.17) is 4.74 Å². The normalized spacial score (nSPS) is 16.5. The minimum Gasteiger partial charge on any atom is -0.444 e. The summed E-state index contributed by atoms with van der Waals surface area (Å²) in [5, 5.41) is 0.983. The molecule has 0 bridgehead atoms. The number of piperidine rings is 1. The lowest BCUT2D eigenvalue weighted by molar-refractivity contribution is 0.0244. The summed E-state index contributed by atoms with van der Waals surface area (Å²) in [6.07, 6.45) is 3.60. The zero-order valence-electron chi connectivity index (χ0n) is 20.7. The molecule has 1 atom stereocenters. The lowest BCUT2D eigenvalue weighted by Crippen LogP contribution is -2.45. The van der Waals surface area contributed by atoms with E-state index in [1.54, 1.807) is 11.9 Å². The summed E-state index contributed by atoms with van der Waals surface area (Å²) in [6.45, 7) is 8.29. The predicted molar refractivity (Wildman–Crippen MR) is 135 cm³/mol. The second-order valence-corrected chi connectivity index (χ2v) is 10.3. The summed E-state index contributed by atoms with van der Waals surface area (Å²) >= 11 is 0. The summed E-state index contributed by atoms with van der Waals surface area (Å²) in [7, 11) is 1.77. The highest BCUT2D eigenvalue weighted by Gasteiger charge is 2.29. The topological polar surface area (TPSA) is 54.8 Å². The van der Waals surface area contributed by atoms with E-state index in [0.29, 0.717) is 13.1 Å². The number of para-hydroxylation sites is 1. The van der Waals surface area contributed by atoms with Crippen molar-refractivity contribution in [3.05, 3.63) is 71.9 Å². The van der Waals surface area contributed by atoms with Gasteiger partial charge in [-0.15, -0.1) is 0 Å². The van der Waals surface area contributed by atoms with Gasteiger partial charge in [0.1, 0.15) is 5.60 Å².